The number of nitrogens with zero attached hydrogens (tertiary/aromatic N) is 1. The molecule has 1 amide bonds. The Labute approximate surface area is 127 Å². The summed E-state index contributed by atoms with van der Waals surface area (Å²) in [6.45, 7) is 3.98. The quantitative estimate of drug-likeness (QED) is 0.836. The summed E-state index contributed by atoms with van der Waals surface area (Å²) >= 11 is 0. The highest BCUT2D eigenvalue weighted by molar-refractivity contribution is 7.88. The fourth-order valence-electron chi connectivity index (χ4n) is 2.13. The predicted octanol–water partition coefficient (Wildman–Crippen LogP) is 1.92. The zero-order valence-electron chi connectivity index (χ0n) is 13.0. The van der Waals surface area contributed by atoms with Gasteiger partial charge >= 0.3 is 0 Å². The van der Waals surface area contributed by atoms with Crippen molar-refractivity contribution in [2.75, 3.05) is 13.3 Å². The number of benzene rings is 1. The van der Waals surface area contributed by atoms with Gasteiger partial charge in [-0.2, -0.15) is 4.31 Å². The Bertz CT molecular complexity index is 554. The molecule has 118 valence electrons. The maximum Gasteiger partial charge on any atom is 0.243 e. The summed E-state index contributed by atoms with van der Waals surface area (Å²) in [4.78, 5) is 12.5. The first kappa shape index (κ1) is 17.7. The molecular weight excluding hydrogens is 288 g/mol. The highest BCUT2D eigenvalue weighted by Crippen LogP contribution is 2.22. The van der Waals surface area contributed by atoms with Crippen LogP contribution in [0.2, 0.25) is 0 Å². The van der Waals surface area contributed by atoms with Crippen LogP contribution in [-0.4, -0.2) is 38.0 Å². The average molecular weight is 312 g/mol. The minimum atomic E-state index is -3.47. The highest BCUT2D eigenvalue weighted by Gasteiger charge is 2.31. The van der Waals surface area contributed by atoms with Gasteiger partial charge in [-0.15, -0.1) is 0 Å². The van der Waals surface area contributed by atoms with Crippen LogP contribution in [0.1, 0.15) is 38.3 Å². The van der Waals surface area contributed by atoms with Gasteiger partial charge in [0, 0.05) is 13.1 Å². The van der Waals surface area contributed by atoms with E-state index in [-0.39, 0.29) is 11.9 Å². The van der Waals surface area contributed by atoms with E-state index in [1.807, 2.05) is 19.9 Å². The molecule has 0 fully saturated rings. The number of carbonyl (C=O) groups is 1. The van der Waals surface area contributed by atoms with Crippen LogP contribution in [0.3, 0.4) is 0 Å². The Hall–Kier alpha value is -1.40. The molecule has 5 nitrogen and oxygen atoms in total. The van der Waals surface area contributed by atoms with Crippen LogP contribution in [-0.2, 0) is 14.8 Å². The average Bonchev–Trinajstić information content (AvgIpc) is 2.45. The van der Waals surface area contributed by atoms with Crippen LogP contribution >= 0.6 is 0 Å². The van der Waals surface area contributed by atoms with Gasteiger partial charge in [-0.25, -0.2) is 8.42 Å². The molecular formula is C15H24N2O3S. The summed E-state index contributed by atoms with van der Waals surface area (Å²) in [6, 6.07) is 8.15. The summed E-state index contributed by atoms with van der Waals surface area (Å²) in [6.07, 6.45) is 2.73. The van der Waals surface area contributed by atoms with E-state index in [1.54, 1.807) is 24.3 Å². The number of nitrogens with one attached hydrogen (secondary N) is 1. The largest absolute Gasteiger partial charge is 0.352 e. The van der Waals surface area contributed by atoms with Gasteiger partial charge in [0.15, 0.2) is 0 Å². The van der Waals surface area contributed by atoms with E-state index in [9.17, 15) is 13.2 Å². The molecule has 0 aliphatic rings. The van der Waals surface area contributed by atoms with Crippen LogP contribution in [0.25, 0.3) is 0 Å². The highest BCUT2D eigenvalue weighted by atomic mass is 32.2. The molecule has 0 aromatic heterocycles. The molecule has 0 saturated heterocycles. The van der Waals surface area contributed by atoms with Gasteiger partial charge in [0.1, 0.15) is 6.04 Å². The summed E-state index contributed by atoms with van der Waals surface area (Å²) in [7, 11) is -2.04. The molecule has 0 heterocycles. The van der Waals surface area contributed by atoms with E-state index in [0.29, 0.717) is 5.56 Å². The molecule has 0 aliphatic carbocycles. The molecule has 21 heavy (non-hydrogen) atoms. The fourth-order valence-corrected chi connectivity index (χ4v) is 2.73. The van der Waals surface area contributed by atoms with Gasteiger partial charge < -0.3 is 5.32 Å². The first-order valence-corrected chi connectivity index (χ1v) is 8.94. The van der Waals surface area contributed by atoms with Gasteiger partial charge in [0.25, 0.3) is 0 Å². The van der Waals surface area contributed by atoms with Crippen LogP contribution in [0.4, 0.5) is 0 Å². The molecule has 6 heteroatoms. The molecule has 0 saturated carbocycles. The minimum absolute atomic E-state index is 0.0525. The molecule has 0 radical (unpaired) electrons. The predicted molar refractivity (Wildman–Crippen MR) is 84.3 cm³/mol. The van der Waals surface area contributed by atoms with E-state index in [4.69, 9.17) is 0 Å². The van der Waals surface area contributed by atoms with E-state index in [1.165, 1.54) is 7.05 Å². The zero-order chi connectivity index (χ0) is 16.0. The van der Waals surface area contributed by atoms with Crippen molar-refractivity contribution in [2.45, 2.75) is 38.8 Å². The van der Waals surface area contributed by atoms with Crippen LogP contribution in [0.5, 0.6) is 0 Å². The third-order valence-corrected chi connectivity index (χ3v) is 4.84. The van der Waals surface area contributed by atoms with Crippen molar-refractivity contribution in [3.8, 4) is 0 Å². The molecule has 1 rings (SSSR count). The lowest BCUT2D eigenvalue weighted by atomic mass is 10.1. The Balaban J connectivity index is 3.11. The number of sulfonamides is 1. The molecule has 1 unspecified atom stereocenters. The minimum Gasteiger partial charge on any atom is -0.352 e. The van der Waals surface area contributed by atoms with Crippen molar-refractivity contribution in [1.29, 1.82) is 0 Å². The van der Waals surface area contributed by atoms with Crippen molar-refractivity contribution in [2.24, 2.45) is 0 Å². The lowest BCUT2D eigenvalue weighted by Gasteiger charge is -2.27. The van der Waals surface area contributed by atoms with Gasteiger partial charge in [-0.05, 0) is 18.4 Å². The van der Waals surface area contributed by atoms with Crippen molar-refractivity contribution in [3.63, 3.8) is 0 Å². The fraction of sp³-hybridized carbons (Fsp3) is 0.533. The smallest absolute Gasteiger partial charge is 0.243 e. The van der Waals surface area contributed by atoms with Gasteiger partial charge in [-0.1, -0.05) is 44.2 Å². The van der Waals surface area contributed by atoms with Crippen molar-refractivity contribution in [3.05, 3.63) is 35.9 Å². The molecule has 1 atom stereocenters. The zero-order valence-corrected chi connectivity index (χ0v) is 13.9. The Morgan fingerprint density at radius 1 is 1.19 bits per heavy atom. The number of amides is 1. The lowest BCUT2D eigenvalue weighted by Crippen LogP contribution is -2.44. The number of hydrogen-bond donors (Lipinski definition) is 1. The second-order valence-electron chi connectivity index (χ2n) is 5.11. The third kappa shape index (κ3) is 4.82. The van der Waals surface area contributed by atoms with E-state index >= 15 is 0 Å². The first-order chi connectivity index (χ1) is 9.81. The molecule has 1 N–H and O–H groups in total. The second-order valence-corrected chi connectivity index (χ2v) is 7.16. The van der Waals surface area contributed by atoms with Crippen LogP contribution < -0.4 is 5.32 Å². The van der Waals surface area contributed by atoms with Crippen LogP contribution in [0.15, 0.2) is 30.3 Å². The molecule has 0 spiro atoms. The summed E-state index contributed by atoms with van der Waals surface area (Å²) in [5.74, 6) is -0.289. The molecule has 1 aromatic carbocycles. The summed E-state index contributed by atoms with van der Waals surface area (Å²) in [5.41, 5.74) is 0.661. The van der Waals surface area contributed by atoms with Crippen LogP contribution in [0, 0.1) is 0 Å². The second kappa shape index (κ2) is 7.56. The SMILES string of the molecule is CCC(CC)NC(=O)C(c1ccccc1)N(C)S(C)(=O)=O. The number of rotatable bonds is 7. The number of likely N-dealkylation sites (N-methyl/N-ethyl adjacent to an activating group) is 1. The normalized spacial score (nSPS) is 13.4. The van der Waals surface area contributed by atoms with Gasteiger partial charge in [0.05, 0.1) is 6.26 Å². The summed E-state index contributed by atoms with van der Waals surface area (Å²) in [5, 5.41) is 2.92. The van der Waals surface area contributed by atoms with E-state index in [0.717, 1.165) is 23.4 Å². The van der Waals surface area contributed by atoms with Gasteiger partial charge in [-0.3, -0.25) is 4.79 Å². The first-order valence-electron chi connectivity index (χ1n) is 7.09. The maximum absolute atomic E-state index is 12.5. The Morgan fingerprint density at radius 3 is 2.14 bits per heavy atom. The van der Waals surface area contributed by atoms with E-state index in [2.05, 4.69) is 5.32 Å². The number of carbonyl (C=O) groups excluding carboxylic acids is 1. The number of hydrogen-bond acceptors (Lipinski definition) is 3. The third-order valence-electron chi connectivity index (χ3n) is 3.58. The standard InChI is InChI=1S/C15H24N2O3S/c1-5-13(6-2)16-15(18)14(17(3)21(4,19)20)12-10-8-7-9-11-12/h7-11,13-14H,5-6H2,1-4H3,(H,16,18). The maximum atomic E-state index is 12.5. The lowest BCUT2D eigenvalue weighted by molar-refractivity contribution is -0.125. The Morgan fingerprint density at radius 2 is 1.71 bits per heavy atom. The Kier molecular flexibility index (Phi) is 6.36. The topological polar surface area (TPSA) is 66.5 Å². The summed E-state index contributed by atoms with van der Waals surface area (Å²) < 4.78 is 24.8. The van der Waals surface area contributed by atoms with Crippen molar-refractivity contribution >= 4 is 15.9 Å². The van der Waals surface area contributed by atoms with Crippen molar-refractivity contribution in [1.82, 2.24) is 9.62 Å². The monoisotopic (exact) mass is 312 g/mol. The molecule has 0 aliphatic heterocycles. The van der Waals surface area contributed by atoms with Gasteiger partial charge in [0.2, 0.25) is 15.9 Å². The van der Waals surface area contributed by atoms with Crippen molar-refractivity contribution < 1.29 is 13.2 Å². The molecule has 0 bridgehead atoms. The van der Waals surface area contributed by atoms with E-state index < -0.39 is 16.1 Å². The molecule has 1 aromatic rings.